The van der Waals surface area contributed by atoms with E-state index in [1.54, 1.807) is 31.2 Å². The first-order valence-corrected chi connectivity index (χ1v) is 5.49. The molecule has 0 amide bonds. The predicted molar refractivity (Wildman–Crippen MR) is 67.5 cm³/mol. The number of hydrogen-bond acceptors (Lipinski definition) is 2. The lowest BCUT2D eigenvalue weighted by Crippen LogP contribution is -2.02. The van der Waals surface area contributed by atoms with Gasteiger partial charge in [-0.05, 0) is 31.5 Å². The Hall–Kier alpha value is -2.09. The fourth-order valence-corrected chi connectivity index (χ4v) is 1.78. The molecule has 0 unspecified atom stereocenters. The monoisotopic (exact) mass is 226 g/mol. The van der Waals surface area contributed by atoms with Crippen molar-refractivity contribution in [1.29, 1.82) is 0 Å². The minimum atomic E-state index is -0.144. The maximum absolute atomic E-state index is 12.2. The van der Waals surface area contributed by atoms with Crippen LogP contribution >= 0.6 is 0 Å². The molecule has 0 saturated heterocycles. The smallest absolute Gasteiger partial charge is 0.196 e. The van der Waals surface area contributed by atoms with Gasteiger partial charge < -0.3 is 5.11 Å². The zero-order chi connectivity index (χ0) is 12.4. The molecule has 2 aromatic rings. The van der Waals surface area contributed by atoms with E-state index < -0.39 is 0 Å². The summed E-state index contributed by atoms with van der Waals surface area (Å²) in [5.41, 5.74) is 2.70. The van der Waals surface area contributed by atoms with Crippen LogP contribution in [0.1, 0.15) is 27.0 Å². The Morgan fingerprint density at radius 1 is 1.06 bits per heavy atom. The number of aromatic hydroxyl groups is 1. The van der Waals surface area contributed by atoms with Crippen LogP contribution in [0.3, 0.4) is 0 Å². The zero-order valence-corrected chi connectivity index (χ0v) is 9.90. The number of aryl methyl sites for hydroxylation is 2. The summed E-state index contributed by atoms with van der Waals surface area (Å²) < 4.78 is 0. The van der Waals surface area contributed by atoms with E-state index in [4.69, 9.17) is 0 Å². The van der Waals surface area contributed by atoms with E-state index in [0.717, 1.165) is 5.56 Å². The molecule has 1 N–H and O–H groups in total. The number of hydrogen-bond donors (Lipinski definition) is 1. The summed E-state index contributed by atoms with van der Waals surface area (Å²) in [6, 6.07) is 12.6. The fourth-order valence-electron chi connectivity index (χ4n) is 1.78. The van der Waals surface area contributed by atoms with Gasteiger partial charge in [0.15, 0.2) is 5.78 Å². The summed E-state index contributed by atoms with van der Waals surface area (Å²) >= 11 is 0. The molecular weight excluding hydrogens is 212 g/mol. The Balaban J connectivity index is 2.48. The van der Waals surface area contributed by atoms with Gasteiger partial charge in [0, 0.05) is 5.56 Å². The van der Waals surface area contributed by atoms with Crippen molar-refractivity contribution >= 4 is 5.78 Å². The second-order valence-electron chi connectivity index (χ2n) is 4.17. The number of ketones is 1. The van der Waals surface area contributed by atoms with Crippen LogP contribution in [0.15, 0.2) is 42.5 Å². The first kappa shape index (κ1) is 11.4. The number of carbonyl (C=O) groups is 1. The molecule has 0 aliphatic rings. The first-order chi connectivity index (χ1) is 8.09. The van der Waals surface area contributed by atoms with Crippen molar-refractivity contribution in [3.8, 4) is 5.75 Å². The molecular formula is C15H14O2. The highest BCUT2D eigenvalue weighted by Crippen LogP contribution is 2.24. The first-order valence-electron chi connectivity index (χ1n) is 5.49. The molecule has 0 aliphatic heterocycles. The van der Waals surface area contributed by atoms with Crippen LogP contribution in [0.25, 0.3) is 0 Å². The maximum Gasteiger partial charge on any atom is 0.196 e. The number of benzene rings is 2. The van der Waals surface area contributed by atoms with Crippen molar-refractivity contribution in [3.63, 3.8) is 0 Å². The van der Waals surface area contributed by atoms with Gasteiger partial charge in [0.2, 0.25) is 0 Å². The maximum atomic E-state index is 12.2. The van der Waals surface area contributed by atoms with E-state index in [-0.39, 0.29) is 11.5 Å². The third kappa shape index (κ3) is 2.21. The fraction of sp³-hybridized carbons (Fsp3) is 0.133. The zero-order valence-electron chi connectivity index (χ0n) is 9.90. The summed E-state index contributed by atoms with van der Waals surface area (Å²) in [4.78, 5) is 12.2. The molecule has 2 heteroatoms. The van der Waals surface area contributed by atoms with E-state index in [2.05, 4.69) is 0 Å². The van der Waals surface area contributed by atoms with E-state index in [1.165, 1.54) is 0 Å². The summed E-state index contributed by atoms with van der Waals surface area (Å²) in [6.07, 6.45) is 0. The lowest BCUT2D eigenvalue weighted by molar-refractivity contribution is 0.103. The average Bonchev–Trinajstić information content (AvgIpc) is 2.32. The Morgan fingerprint density at radius 3 is 2.47 bits per heavy atom. The molecule has 0 bridgehead atoms. The largest absolute Gasteiger partial charge is 0.507 e. The van der Waals surface area contributed by atoms with Gasteiger partial charge in [-0.25, -0.2) is 0 Å². The van der Waals surface area contributed by atoms with Crippen molar-refractivity contribution in [2.75, 3.05) is 0 Å². The highest BCUT2D eigenvalue weighted by molar-refractivity contribution is 6.10. The van der Waals surface area contributed by atoms with Gasteiger partial charge in [-0.15, -0.1) is 0 Å². The Morgan fingerprint density at radius 2 is 1.76 bits per heavy atom. The van der Waals surface area contributed by atoms with Crippen LogP contribution in [0.5, 0.6) is 5.75 Å². The van der Waals surface area contributed by atoms with Gasteiger partial charge in [0.1, 0.15) is 5.75 Å². The van der Waals surface area contributed by atoms with Gasteiger partial charge in [-0.2, -0.15) is 0 Å². The van der Waals surface area contributed by atoms with E-state index in [0.29, 0.717) is 16.7 Å². The molecule has 2 aromatic carbocycles. The molecule has 0 atom stereocenters. The highest BCUT2D eigenvalue weighted by atomic mass is 16.3. The minimum Gasteiger partial charge on any atom is -0.507 e. The third-order valence-electron chi connectivity index (χ3n) is 2.76. The highest BCUT2D eigenvalue weighted by Gasteiger charge is 2.14. The van der Waals surface area contributed by atoms with E-state index in [1.807, 2.05) is 25.1 Å². The molecule has 2 rings (SSSR count). The molecule has 0 saturated carbocycles. The summed E-state index contributed by atoms with van der Waals surface area (Å²) in [5, 5.41) is 9.88. The molecule has 0 aliphatic carbocycles. The molecule has 86 valence electrons. The molecule has 2 nitrogen and oxygen atoms in total. The standard InChI is InChI=1S/C15H14O2/c1-10-5-3-7-12(9-10)15(17)13-8-4-6-11(2)14(13)16/h3-9,16H,1-2H3. The number of phenolic OH excluding ortho intramolecular Hbond substituents is 1. The number of para-hydroxylation sites is 1. The van der Waals surface area contributed by atoms with Crippen LogP contribution < -0.4 is 0 Å². The van der Waals surface area contributed by atoms with Crippen molar-refractivity contribution in [2.45, 2.75) is 13.8 Å². The third-order valence-corrected chi connectivity index (χ3v) is 2.76. The summed E-state index contributed by atoms with van der Waals surface area (Å²) in [6.45, 7) is 3.72. The van der Waals surface area contributed by atoms with Gasteiger partial charge >= 0.3 is 0 Å². The topological polar surface area (TPSA) is 37.3 Å². The minimum absolute atomic E-state index is 0.0685. The van der Waals surface area contributed by atoms with Gasteiger partial charge in [-0.1, -0.05) is 35.9 Å². The normalized spacial score (nSPS) is 10.2. The number of carbonyl (C=O) groups excluding carboxylic acids is 1. The molecule has 17 heavy (non-hydrogen) atoms. The van der Waals surface area contributed by atoms with Crippen LogP contribution in [-0.2, 0) is 0 Å². The molecule has 0 fully saturated rings. The number of phenols is 1. The SMILES string of the molecule is Cc1cccc(C(=O)c2cccc(C)c2O)c1. The quantitative estimate of drug-likeness (QED) is 0.798. The molecule has 0 spiro atoms. The van der Waals surface area contributed by atoms with Crippen LogP contribution in [0.4, 0.5) is 0 Å². The van der Waals surface area contributed by atoms with Crippen molar-refractivity contribution in [1.82, 2.24) is 0 Å². The predicted octanol–water partition coefficient (Wildman–Crippen LogP) is 3.24. The Labute approximate surface area is 101 Å². The lowest BCUT2D eigenvalue weighted by Gasteiger charge is -2.06. The van der Waals surface area contributed by atoms with Crippen molar-refractivity contribution in [3.05, 3.63) is 64.7 Å². The van der Waals surface area contributed by atoms with Crippen LogP contribution in [-0.4, -0.2) is 10.9 Å². The van der Waals surface area contributed by atoms with Crippen molar-refractivity contribution in [2.24, 2.45) is 0 Å². The Kier molecular flexibility index (Phi) is 2.96. The average molecular weight is 226 g/mol. The van der Waals surface area contributed by atoms with Gasteiger partial charge in [-0.3, -0.25) is 4.79 Å². The van der Waals surface area contributed by atoms with Crippen LogP contribution in [0, 0.1) is 13.8 Å². The lowest BCUT2D eigenvalue weighted by atomic mass is 9.99. The van der Waals surface area contributed by atoms with Crippen molar-refractivity contribution < 1.29 is 9.90 Å². The second kappa shape index (κ2) is 4.42. The second-order valence-corrected chi connectivity index (χ2v) is 4.17. The van der Waals surface area contributed by atoms with E-state index in [9.17, 15) is 9.90 Å². The molecule has 0 heterocycles. The van der Waals surface area contributed by atoms with Crippen LogP contribution in [0.2, 0.25) is 0 Å². The Bertz CT molecular complexity index is 571. The van der Waals surface area contributed by atoms with Gasteiger partial charge in [0.05, 0.1) is 5.56 Å². The molecule has 0 radical (unpaired) electrons. The van der Waals surface area contributed by atoms with E-state index >= 15 is 0 Å². The summed E-state index contributed by atoms with van der Waals surface area (Å²) in [5.74, 6) is -0.0751. The summed E-state index contributed by atoms with van der Waals surface area (Å²) in [7, 11) is 0. The van der Waals surface area contributed by atoms with Gasteiger partial charge in [0.25, 0.3) is 0 Å². The molecule has 0 aromatic heterocycles. The number of rotatable bonds is 2.